The molecule has 1 heterocycles. The molecule has 0 amide bonds. The van der Waals surface area contributed by atoms with E-state index in [2.05, 4.69) is 22.4 Å². The molecule has 4 heteroatoms. The molecule has 1 rings (SSSR count). The summed E-state index contributed by atoms with van der Waals surface area (Å²) in [4.78, 5) is 7.57. The average Bonchev–Trinajstić information content (AvgIpc) is 1.90. The van der Waals surface area contributed by atoms with Crippen LogP contribution in [-0.2, 0) is 26.8 Å². The molecule has 0 saturated carbocycles. The van der Waals surface area contributed by atoms with Crippen molar-refractivity contribution >= 4 is 0 Å². The molecular weight excluding hydrogens is 372 g/mol. The third kappa shape index (κ3) is 5.23. The number of aromatic nitrogens is 2. The van der Waals surface area contributed by atoms with Crippen LogP contribution in [-0.4, -0.2) is 9.97 Å². The number of rotatable bonds is 1. The first-order valence-corrected chi connectivity index (χ1v) is 2.53. The van der Waals surface area contributed by atoms with Crippen molar-refractivity contribution in [2.45, 2.75) is 13.3 Å². The standard InChI is InChI=1S/C6H6N2.Rb.Re/c1-2-6-5-7-3-4-8-6;;/h3H,2H2,1H3;;/q-2;+1;. The van der Waals surface area contributed by atoms with Crippen LogP contribution < -0.4 is 58.2 Å². The van der Waals surface area contributed by atoms with E-state index in [9.17, 15) is 0 Å². The predicted molar refractivity (Wildman–Crippen MR) is 29.1 cm³/mol. The van der Waals surface area contributed by atoms with Gasteiger partial charge in [0.15, 0.2) is 0 Å². The van der Waals surface area contributed by atoms with Gasteiger partial charge in [-0.2, -0.15) is 5.69 Å². The van der Waals surface area contributed by atoms with E-state index in [4.69, 9.17) is 0 Å². The zero-order valence-corrected chi connectivity index (χ0v) is 13.7. The van der Waals surface area contributed by atoms with Gasteiger partial charge in [0.05, 0.1) is 0 Å². The number of hydrogen-bond donors (Lipinski definition) is 0. The Bertz CT molecular complexity index is 157. The Morgan fingerprint density at radius 2 is 2.30 bits per heavy atom. The maximum atomic E-state index is 3.85. The monoisotopic (exact) mass is 378 g/mol. The fourth-order valence-electron chi connectivity index (χ4n) is 0.426. The Kier molecular flexibility index (Phi) is 12.2. The first kappa shape index (κ1) is 14.1. The van der Waals surface area contributed by atoms with E-state index in [0.717, 1.165) is 12.1 Å². The molecule has 1 aromatic rings. The van der Waals surface area contributed by atoms with Crippen LogP contribution in [0.4, 0.5) is 0 Å². The molecule has 0 atom stereocenters. The smallest absolute Gasteiger partial charge is 0.495 e. The van der Waals surface area contributed by atoms with Gasteiger partial charge in [-0.05, 0) is 0 Å². The summed E-state index contributed by atoms with van der Waals surface area (Å²) in [6.07, 6.45) is 7.72. The van der Waals surface area contributed by atoms with Crippen molar-refractivity contribution in [3.63, 3.8) is 0 Å². The molecule has 2 nitrogen and oxygen atoms in total. The molecule has 0 aliphatic rings. The third-order valence-corrected chi connectivity index (χ3v) is 0.850. The molecule has 0 N–H and O–H groups in total. The maximum Gasteiger partial charge on any atom is 1.00 e. The fraction of sp³-hybridized carbons (Fsp3) is 0.333. The van der Waals surface area contributed by atoms with Gasteiger partial charge < -0.3 is 9.97 Å². The molecule has 0 spiro atoms. The summed E-state index contributed by atoms with van der Waals surface area (Å²) in [5, 5.41) is 0. The van der Waals surface area contributed by atoms with Gasteiger partial charge in [-0.3, -0.25) is 0 Å². The summed E-state index contributed by atoms with van der Waals surface area (Å²) in [6, 6.07) is 0. The second kappa shape index (κ2) is 8.64. The molecular formula is C6H6N2RbRe-. The van der Waals surface area contributed by atoms with Crippen molar-refractivity contribution in [2.24, 2.45) is 0 Å². The van der Waals surface area contributed by atoms with Crippen LogP contribution >= 0.6 is 0 Å². The Hall–Kier alpha value is 1.55. The van der Waals surface area contributed by atoms with E-state index >= 15 is 0 Å². The summed E-state index contributed by atoms with van der Waals surface area (Å²) in [5.74, 6) is 0. The van der Waals surface area contributed by atoms with Crippen LogP contribution in [0.2, 0.25) is 0 Å². The molecule has 0 fully saturated rings. The zero-order valence-electron chi connectivity index (χ0n) is 6.06. The Labute approximate surface area is 124 Å². The zero-order chi connectivity index (χ0) is 5.82. The van der Waals surface area contributed by atoms with E-state index < -0.39 is 0 Å². The first-order chi connectivity index (χ1) is 3.93. The van der Waals surface area contributed by atoms with Crippen molar-refractivity contribution in [1.29, 1.82) is 0 Å². The summed E-state index contributed by atoms with van der Waals surface area (Å²) in [6.45, 7) is 2.01. The first-order valence-electron chi connectivity index (χ1n) is 2.53. The molecule has 10 heavy (non-hydrogen) atoms. The van der Waals surface area contributed by atoms with Gasteiger partial charge >= 0.3 is 58.2 Å². The van der Waals surface area contributed by atoms with Crippen LogP contribution in [0, 0.1) is 12.4 Å². The fourth-order valence-corrected chi connectivity index (χ4v) is 0.426. The minimum Gasteiger partial charge on any atom is -0.495 e. The Balaban J connectivity index is 0. The van der Waals surface area contributed by atoms with Crippen LogP contribution in [0.1, 0.15) is 12.6 Å². The summed E-state index contributed by atoms with van der Waals surface area (Å²) in [7, 11) is 0. The van der Waals surface area contributed by atoms with Gasteiger partial charge in [-0.15, -0.1) is 0 Å². The van der Waals surface area contributed by atoms with Crippen molar-refractivity contribution in [2.75, 3.05) is 0 Å². The number of nitrogens with zero attached hydrogens (tertiary/aromatic N) is 2. The van der Waals surface area contributed by atoms with Crippen molar-refractivity contribution in [1.82, 2.24) is 9.97 Å². The molecule has 0 bridgehead atoms. The molecule has 0 aliphatic carbocycles. The molecule has 1 radical (unpaired) electrons. The molecule has 0 aliphatic heterocycles. The third-order valence-electron chi connectivity index (χ3n) is 0.850. The maximum absolute atomic E-state index is 3.85. The summed E-state index contributed by atoms with van der Waals surface area (Å²) >= 11 is 0. The Morgan fingerprint density at radius 1 is 1.60 bits per heavy atom. The van der Waals surface area contributed by atoms with E-state index in [1.54, 1.807) is 0 Å². The van der Waals surface area contributed by atoms with Crippen LogP contribution in [0.25, 0.3) is 0 Å². The SMILES string of the molecule is CCc1[c-]nc[c-]n1.[Rb+].[Re]. The molecule has 49 valence electrons. The van der Waals surface area contributed by atoms with Gasteiger partial charge in [0.2, 0.25) is 0 Å². The van der Waals surface area contributed by atoms with Crippen LogP contribution in [0.15, 0.2) is 6.20 Å². The van der Waals surface area contributed by atoms with E-state index in [1.807, 2.05) is 6.92 Å². The van der Waals surface area contributed by atoms with E-state index in [0.29, 0.717) is 0 Å². The van der Waals surface area contributed by atoms with E-state index in [-0.39, 0.29) is 78.6 Å². The minimum absolute atomic E-state index is 0. The van der Waals surface area contributed by atoms with Crippen LogP contribution in [0.3, 0.4) is 0 Å². The molecule has 0 saturated heterocycles. The minimum atomic E-state index is 0. The largest absolute Gasteiger partial charge is 1.00 e. The van der Waals surface area contributed by atoms with E-state index in [1.165, 1.54) is 6.20 Å². The molecule has 1 aromatic heterocycles. The van der Waals surface area contributed by atoms with Crippen molar-refractivity contribution in [3.05, 3.63) is 24.3 Å². The second-order valence-corrected chi connectivity index (χ2v) is 1.41. The second-order valence-electron chi connectivity index (χ2n) is 1.41. The quantitative estimate of drug-likeness (QED) is 0.512. The number of aryl methyl sites for hydroxylation is 1. The van der Waals surface area contributed by atoms with Gasteiger partial charge in [-0.25, -0.2) is 18.6 Å². The van der Waals surface area contributed by atoms with Crippen molar-refractivity contribution in [3.8, 4) is 0 Å². The molecule has 0 aromatic carbocycles. The van der Waals surface area contributed by atoms with Crippen molar-refractivity contribution < 1.29 is 78.6 Å². The molecule has 0 unspecified atom stereocenters. The van der Waals surface area contributed by atoms with Crippen LogP contribution in [0.5, 0.6) is 0 Å². The predicted octanol–water partition coefficient (Wildman–Crippen LogP) is -2.36. The Morgan fingerprint density at radius 3 is 2.60 bits per heavy atom. The van der Waals surface area contributed by atoms with Gasteiger partial charge in [0.1, 0.15) is 0 Å². The number of hydrogen-bond acceptors (Lipinski definition) is 2. The summed E-state index contributed by atoms with van der Waals surface area (Å²) < 4.78 is 0. The summed E-state index contributed by atoms with van der Waals surface area (Å²) in [5.41, 5.74) is 0.868. The topological polar surface area (TPSA) is 25.8 Å². The van der Waals surface area contributed by atoms with Gasteiger partial charge in [-0.1, -0.05) is 13.3 Å². The van der Waals surface area contributed by atoms with Gasteiger partial charge in [0.25, 0.3) is 0 Å². The average molecular weight is 378 g/mol. The normalized spacial score (nSPS) is 7.30. The van der Waals surface area contributed by atoms with Gasteiger partial charge in [0, 0.05) is 20.4 Å².